The molecule has 0 unspecified atom stereocenters. The van der Waals surface area contributed by atoms with Crippen molar-refractivity contribution >= 4 is 0 Å². The Kier molecular flexibility index (Phi) is 3.18. The molecule has 0 saturated heterocycles. The molecule has 92 valence electrons. The van der Waals surface area contributed by atoms with Crippen LogP contribution in [0.3, 0.4) is 0 Å². The first-order chi connectivity index (χ1) is 7.44. The number of hydrogen-bond acceptors (Lipinski definition) is 1. The van der Waals surface area contributed by atoms with Crippen LogP contribution in [-0.2, 0) is 0 Å². The lowest BCUT2D eigenvalue weighted by Crippen LogP contribution is -2.46. The van der Waals surface area contributed by atoms with E-state index in [1.54, 1.807) is 0 Å². The molecule has 0 aromatic carbocycles. The van der Waals surface area contributed by atoms with Crippen LogP contribution in [-0.4, -0.2) is 11.2 Å². The second kappa shape index (κ2) is 4.18. The molecule has 0 aliphatic heterocycles. The van der Waals surface area contributed by atoms with Crippen LogP contribution in [0.1, 0.15) is 52.9 Å². The van der Waals surface area contributed by atoms with Gasteiger partial charge in [-0.2, -0.15) is 0 Å². The standard InChI is InChI=1S/C15H26O/c1-10(2)12-5-7-15(4)8-6-14(16)11(3)13(15)9-12/h11-14,16H,1,5-9H2,2-4H3/t11-,12-,13-,14+,15-/m0/s1. The largest absolute Gasteiger partial charge is 0.393 e. The summed E-state index contributed by atoms with van der Waals surface area (Å²) in [6.45, 7) is 11.0. The summed E-state index contributed by atoms with van der Waals surface area (Å²) in [5.74, 6) is 1.87. The molecule has 2 aliphatic rings. The highest BCUT2D eigenvalue weighted by Gasteiger charge is 2.47. The fourth-order valence-electron chi connectivity index (χ4n) is 4.01. The lowest BCUT2D eigenvalue weighted by Gasteiger charge is -2.52. The van der Waals surface area contributed by atoms with E-state index in [0.717, 1.165) is 6.42 Å². The Bertz CT molecular complexity index is 283. The van der Waals surface area contributed by atoms with Crippen molar-refractivity contribution in [3.8, 4) is 0 Å². The van der Waals surface area contributed by atoms with Crippen molar-refractivity contribution < 1.29 is 5.11 Å². The molecule has 0 heterocycles. The van der Waals surface area contributed by atoms with Gasteiger partial charge in [0.1, 0.15) is 0 Å². The van der Waals surface area contributed by atoms with E-state index in [9.17, 15) is 5.11 Å². The van der Waals surface area contributed by atoms with Crippen LogP contribution in [0.25, 0.3) is 0 Å². The lowest BCUT2D eigenvalue weighted by atomic mass is 9.54. The first-order valence-electron chi connectivity index (χ1n) is 6.77. The fourth-order valence-corrected chi connectivity index (χ4v) is 4.01. The van der Waals surface area contributed by atoms with Gasteiger partial charge in [-0.05, 0) is 62.2 Å². The van der Waals surface area contributed by atoms with Crippen molar-refractivity contribution in [2.45, 2.75) is 59.0 Å². The highest BCUT2D eigenvalue weighted by Crippen LogP contribution is 2.54. The Balaban J connectivity index is 2.15. The SMILES string of the molecule is C=C(C)[C@H]1CC[C@@]2(C)CC[C@@H](O)[C@@H](C)[C@@H]2C1. The zero-order chi connectivity index (χ0) is 11.9. The fraction of sp³-hybridized carbons (Fsp3) is 0.867. The van der Waals surface area contributed by atoms with Gasteiger partial charge in [0.05, 0.1) is 6.10 Å². The first-order valence-corrected chi connectivity index (χ1v) is 6.77. The third kappa shape index (κ3) is 1.95. The number of aliphatic hydroxyl groups is 1. The van der Waals surface area contributed by atoms with Gasteiger partial charge in [0.25, 0.3) is 0 Å². The Morgan fingerprint density at radius 1 is 1.31 bits per heavy atom. The van der Waals surface area contributed by atoms with Crippen LogP contribution < -0.4 is 0 Å². The molecule has 1 heteroatoms. The van der Waals surface area contributed by atoms with E-state index in [4.69, 9.17) is 0 Å². The minimum atomic E-state index is -0.0676. The van der Waals surface area contributed by atoms with Gasteiger partial charge in [0, 0.05) is 0 Å². The molecule has 0 amide bonds. The summed E-state index contributed by atoms with van der Waals surface area (Å²) >= 11 is 0. The molecule has 0 aromatic heterocycles. The molecule has 0 radical (unpaired) electrons. The van der Waals surface area contributed by atoms with Gasteiger partial charge in [-0.1, -0.05) is 26.0 Å². The molecule has 2 rings (SSSR count). The van der Waals surface area contributed by atoms with E-state index in [2.05, 4.69) is 27.4 Å². The smallest absolute Gasteiger partial charge is 0.0568 e. The summed E-state index contributed by atoms with van der Waals surface area (Å²) in [5.41, 5.74) is 1.83. The maximum Gasteiger partial charge on any atom is 0.0568 e. The molecule has 1 N–H and O–H groups in total. The average Bonchev–Trinajstić information content (AvgIpc) is 2.24. The van der Waals surface area contributed by atoms with E-state index in [1.807, 2.05) is 0 Å². The van der Waals surface area contributed by atoms with Crippen LogP contribution in [0.2, 0.25) is 0 Å². The predicted octanol–water partition coefficient (Wildman–Crippen LogP) is 3.78. The molecule has 16 heavy (non-hydrogen) atoms. The summed E-state index contributed by atoms with van der Waals surface area (Å²) < 4.78 is 0. The number of fused-ring (bicyclic) bond motifs is 1. The second-order valence-corrected chi connectivity index (χ2v) is 6.54. The Labute approximate surface area is 99.9 Å². The van der Waals surface area contributed by atoms with E-state index in [0.29, 0.717) is 23.2 Å². The molecular formula is C15H26O. The first kappa shape index (κ1) is 12.2. The maximum absolute atomic E-state index is 10.0. The van der Waals surface area contributed by atoms with E-state index < -0.39 is 0 Å². The zero-order valence-electron chi connectivity index (χ0n) is 11.0. The van der Waals surface area contributed by atoms with Gasteiger partial charge < -0.3 is 5.11 Å². The van der Waals surface area contributed by atoms with Gasteiger partial charge in [-0.15, -0.1) is 0 Å². The molecule has 0 aromatic rings. The normalized spacial score (nSPS) is 48.5. The molecule has 2 saturated carbocycles. The van der Waals surface area contributed by atoms with Gasteiger partial charge in [-0.3, -0.25) is 0 Å². The van der Waals surface area contributed by atoms with Gasteiger partial charge in [-0.25, -0.2) is 0 Å². The summed E-state index contributed by atoms with van der Waals surface area (Å²) in [7, 11) is 0. The molecule has 2 aliphatic carbocycles. The van der Waals surface area contributed by atoms with Gasteiger partial charge in [0.15, 0.2) is 0 Å². The third-order valence-electron chi connectivity index (χ3n) is 5.45. The van der Waals surface area contributed by atoms with Crippen molar-refractivity contribution in [1.82, 2.24) is 0 Å². The Morgan fingerprint density at radius 3 is 2.56 bits per heavy atom. The minimum absolute atomic E-state index is 0.0676. The number of aliphatic hydroxyl groups excluding tert-OH is 1. The van der Waals surface area contributed by atoms with Crippen LogP contribution in [0, 0.1) is 23.2 Å². The highest BCUT2D eigenvalue weighted by atomic mass is 16.3. The van der Waals surface area contributed by atoms with E-state index in [-0.39, 0.29) is 6.10 Å². The summed E-state index contributed by atoms with van der Waals surface area (Å²) in [4.78, 5) is 0. The van der Waals surface area contributed by atoms with Crippen LogP contribution in [0.5, 0.6) is 0 Å². The van der Waals surface area contributed by atoms with Crippen molar-refractivity contribution in [2.75, 3.05) is 0 Å². The molecule has 0 spiro atoms. The van der Waals surface area contributed by atoms with Crippen LogP contribution in [0.15, 0.2) is 12.2 Å². The number of rotatable bonds is 1. The molecule has 2 fully saturated rings. The highest BCUT2D eigenvalue weighted by molar-refractivity contribution is 5.05. The molecule has 1 nitrogen and oxygen atoms in total. The molecular weight excluding hydrogens is 196 g/mol. The number of hydrogen-bond donors (Lipinski definition) is 1. The Morgan fingerprint density at radius 2 is 1.94 bits per heavy atom. The minimum Gasteiger partial charge on any atom is -0.393 e. The van der Waals surface area contributed by atoms with E-state index in [1.165, 1.54) is 31.3 Å². The lowest BCUT2D eigenvalue weighted by molar-refractivity contribution is -0.0636. The van der Waals surface area contributed by atoms with Gasteiger partial charge >= 0.3 is 0 Å². The van der Waals surface area contributed by atoms with E-state index >= 15 is 0 Å². The summed E-state index contributed by atoms with van der Waals surface area (Å²) in [6, 6.07) is 0. The number of allylic oxidation sites excluding steroid dienone is 1. The van der Waals surface area contributed by atoms with Crippen molar-refractivity contribution in [3.63, 3.8) is 0 Å². The quantitative estimate of drug-likeness (QED) is 0.669. The maximum atomic E-state index is 10.0. The van der Waals surface area contributed by atoms with Crippen LogP contribution >= 0.6 is 0 Å². The molecule has 5 atom stereocenters. The van der Waals surface area contributed by atoms with Gasteiger partial charge in [0.2, 0.25) is 0 Å². The van der Waals surface area contributed by atoms with Crippen molar-refractivity contribution in [1.29, 1.82) is 0 Å². The summed E-state index contributed by atoms with van der Waals surface area (Å²) in [5, 5.41) is 10.0. The van der Waals surface area contributed by atoms with Crippen molar-refractivity contribution in [2.24, 2.45) is 23.2 Å². The Hall–Kier alpha value is -0.300. The average molecular weight is 222 g/mol. The molecule has 0 bridgehead atoms. The topological polar surface area (TPSA) is 20.2 Å². The van der Waals surface area contributed by atoms with Crippen molar-refractivity contribution in [3.05, 3.63) is 12.2 Å². The predicted molar refractivity (Wildman–Crippen MR) is 68.2 cm³/mol. The third-order valence-corrected chi connectivity index (χ3v) is 5.45. The second-order valence-electron chi connectivity index (χ2n) is 6.54. The monoisotopic (exact) mass is 222 g/mol. The van der Waals surface area contributed by atoms with Crippen LogP contribution in [0.4, 0.5) is 0 Å². The zero-order valence-corrected chi connectivity index (χ0v) is 11.0. The summed E-state index contributed by atoms with van der Waals surface area (Å²) in [6.07, 6.45) is 6.04.